The lowest BCUT2D eigenvalue weighted by atomic mass is 10.1. The minimum absolute atomic E-state index is 0.0956. The molecule has 1 aromatic heterocycles. The molecule has 134 valence electrons. The molecule has 2 aromatic rings. The first kappa shape index (κ1) is 17.7. The molecule has 0 saturated carbocycles. The molecule has 1 aliphatic heterocycles. The normalized spacial score (nSPS) is 16.1. The fourth-order valence-corrected chi connectivity index (χ4v) is 3.13. The number of rotatable bonds is 2. The number of hydrogen-bond acceptors (Lipinski definition) is 5. The Labute approximate surface area is 152 Å². The fourth-order valence-electron chi connectivity index (χ4n) is 2.88. The first-order valence-corrected chi connectivity index (χ1v) is 8.86. The Bertz CT molecular complexity index is 767. The van der Waals surface area contributed by atoms with E-state index in [1.165, 1.54) is 0 Å². The van der Waals surface area contributed by atoms with Gasteiger partial charge in [-0.25, -0.2) is 14.8 Å². The highest BCUT2D eigenvalue weighted by Gasteiger charge is 2.25. The maximum atomic E-state index is 11.9. The zero-order valence-electron chi connectivity index (χ0n) is 14.8. The number of anilines is 1. The topological polar surface area (TPSA) is 67.3 Å². The van der Waals surface area contributed by atoms with Gasteiger partial charge >= 0.3 is 6.09 Å². The molecule has 1 amide bonds. The quantitative estimate of drug-likeness (QED) is 0.880. The number of carbonyl (C=O) groups is 1. The number of para-hydroxylation sites is 2. The van der Waals surface area contributed by atoms with E-state index in [0.29, 0.717) is 11.0 Å². The van der Waals surface area contributed by atoms with Crippen molar-refractivity contribution in [3.05, 3.63) is 29.4 Å². The lowest BCUT2D eigenvalue weighted by Crippen LogP contribution is -2.46. The number of hydrogen-bond donors (Lipinski definition) is 1. The monoisotopic (exact) mass is 362 g/mol. The number of halogens is 1. The molecular weight excluding hydrogens is 340 g/mol. The number of fused-ring (bicyclic) bond motifs is 1. The highest BCUT2D eigenvalue weighted by atomic mass is 35.5. The van der Waals surface area contributed by atoms with E-state index in [1.54, 1.807) is 0 Å². The van der Waals surface area contributed by atoms with Crippen LogP contribution in [0, 0.1) is 0 Å². The fraction of sp³-hybridized carbons (Fsp3) is 0.500. The molecule has 3 rings (SSSR count). The van der Waals surface area contributed by atoms with Crippen molar-refractivity contribution in [1.29, 1.82) is 0 Å². The van der Waals surface area contributed by atoms with E-state index in [9.17, 15) is 4.79 Å². The highest BCUT2D eigenvalue weighted by Crippen LogP contribution is 2.27. The smallest absolute Gasteiger partial charge is 0.407 e. The van der Waals surface area contributed by atoms with Gasteiger partial charge in [0.1, 0.15) is 5.60 Å². The summed E-state index contributed by atoms with van der Waals surface area (Å²) in [7, 11) is 0. The van der Waals surface area contributed by atoms with Crippen LogP contribution in [0.2, 0.25) is 5.15 Å². The van der Waals surface area contributed by atoms with Crippen molar-refractivity contribution in [3.8, 4) is 0 Å². The van der Waals surface area contributed by atoms with E-state index < -0.39 is 5.60 Å². The molecule has 1 aromatic carbocycles. The van der Waals surface area contributed by atoms with E-state index in [1.807, 2.05) is 45.0 Å². The summed E-state index contributed by atoms with van der Waals surface area (Å²) in [5, 5.41) is 3.35. The van der Waals surface area contributed by atoms with Gasteiger partial charge in [0.25, 0.3) is 0 Å². The van der Waals surface area contributed by atoms with Crippen LogP contribution in [-0.4, -0.2) is 40.8 Å². The second-order valence-corrected chi connectivity index (χ2v) is 7.59. The molecule has 2 heterocycles. The van der Waals surface area contributed by atoms with Gasteiger partial charge in [0.2, 0.25) is 0 Å². The van der Waals surface area contributed by atoms with Gasteiger partial charge in [0, 0.05) is 19.1 Å². The third-order valence-electron chi connectivity index (χ3n) is 4.03. The Morgan fingerprint density at radius 1 is 1.20 bits per heavy atom. The van der Waals surface area contributed by atoms with Gasteiger partial charge in [-0.15, -0.1) is 0 Å². The second-order valence-electron chi connectivity index (χ2n) is 7.23. The molecule has 0 radical (unpaired) electrons. The predicted octanol–water partition coefficient (Wildman–Crippen LogP) is 3.78. The Morgan fingerprint density at radius 2 is 1.80 bits per heavy atom. The van der Waals surface area contributed by atoms with Crippen LogP contribution in [0.5, 0.6) is 0 Å². The third kappa shape index (κ3) is 4.51. The summed E-state index contributed by atoms with van der Waals surface area (Å²) in [5.74, 6) is 0.705. The SMILES string of the molecule is CC(C)(C)OC(=O)NC1CCN(c2nc3ccccc3nc2Cl)CC1. The summed E-state index contributed by atoms with van der Waals surface area (Å²) in [6.07, 6.45) is 1.25. The molecule has 6 nitrogen and oxygen atoms in total. The Morgan fingerprint density at radius 3 is 2.40 bits per heavy atom. The Kier molecular flexibility index (Phi) is 4.99. The average molecular weight is 363 g/mol. The average Bonchev–Trinajstić information content (AvgIpc) is 2.53. The molecule has 1 N–H and O–H groups in total. The van der Waals surface area contributed by atoms with E-state index in [4.69, 9.17) is 16.3 Å². The number of benzene rings is 1. The lowest BCUT2D eigenvalue weighted by molar-refractivity contribution is 0.0497. The van der Waals surface area contributed by atoms with Crippen molar-refractivity contribution in [2.75, 3.05) is 18.0 Å². The summed E-state index contributed by atoms with van der Waals surface area (Å²) in [6.45, 7) is 7.08. The molecule has 0 bridgehead atoms. The number of piperidine rings is 1. The predicted molar refractivity (Wildman–Crippen MR) is 99.2 cm³/mol. The number of aromatic nitrogens is 2. The van der Waals surface area contributed by atoms with Gasteiger partial charge in [-0.1, -0.05) is 23.7 Å². The minimum atomic E-state index is -0.487. The van der Waals surface area contributed by atoms with Gasteiger partial charge in [0.15, 0.2) is 11.0 Å². The molecule has 1 fully saturated rings. The Hall–Kier alpha value is -2.08. The van der Waals surface area contributed by atoms with E-state index in [-0.39, 0.29) is 12.1 Å². The van der Waals surface area contributed by atoms with Crippen LogP contribution in [0.4, 0.5) is 10.6 Å². The van der Waals surface area contributed by atoms with Gasteiger partial charge in [-0.2, -0.15) is 0 Å². The number of alkyl carbamates (subject to hydrolysis) is 1. The maximum Gasteiger partial charge on any atom is 0.407 e. The number of amides is 1. The van der Waals surface area contributed by atoms with Gasteiger partial charge < -0.3 is 15.0 Å². The van der Waals surface area contributed by atoms with Crippen molar-refractivity contribution in [3.63, 3.8) is 0 Å². The Balaban J connectivity index is 1.63. The summed E-state index contributed by atoms with van der Waals surface area (Å²) < 4.78 is 5.31. The minimum Gasteiger partial charge on any atom is -0.444 e. The number of carbonyl (C=O) groups excluding carboxylic acids is 1. The molecule has 0 unspecified atom stereocenters. The van der Waals surface area contributed by atoms with E-state index in [2.05, 4.69) is 20.2 Å². The van der Waals surface area contributed by atoms with Crippen molar-refractivity contribution in [2.45, 2.75) is 45.3 Å². The molecule has 0 atom stereocenters. The van der Waals surface area contributed by atoms with Gasteiger partial charge in [-0.3, -0.25) is 0 Å². The van der Waals surface area contributed by atoms with Crippen LogP contribution < -0.4 is 10.2 Å². The molecule has 0 spiro atoms. The second kappa shape index (κ2) is 7.04. The van der Waals surface area contributed by atoms with Crippen molar-refractivity contribution in [2.24, 2.45) is 0 Å². The molecule has 0 aliphatic carbocycles. The maximum absolute atomic E-state index is 11.9. The largest absolute Gasteiger partial charge is 0.444 e. The first-order chi connectivity index (χ1) is 11.8. The summed E-state index contributed by atoms with van der Waals surface area (Å²) in [4.78, 5) is 23.1. The number of nitrogens with zero attached hydrogens (tertiary/aromatic N) is 3. The summed E-state index contributed by atoms with van der Waals surface area (Å²) in [5.41, 5.74) is 1.13. The summed E-state index contributed by atoms with van der Waals surface area (Å²) >= 11 is 6.32. The van der Waals surface area contributed by atoms with Crippen molar-refractivity contribution < 1.29 is 9.53 Å². The van der Waals surface area contributed by atoms with Gasteiger partial charge in [-0.05, 0) is 45.7 Å². The van der Waals surface area contributed by atoms with Crippen LogP contribution in [0.15, 0.2) is 24.3 Å². The molecule has 1 aliphatic rings. The van der Waals surface area contributed by atoms with Crippen LogP contribution in [0.25, 0.3) is 11.0 Å². The molecular formula is C18H23ClN4O2. The summed E-state index contributed by atoms with van der Waals surface area (Å²) in [6, 6.07) is 7.78. The van der Waals surface area contributed by atoms with Crippen LogP contribution >= 0.6 is 11.6 Å². The molecule has 7 heteroatoms. The zero-order chi connectivity index (χ0) is 18.0. The van der Waals surface area contributed by atoms with Crippen LogP contribution in [0.3, 0.4) is 0 Å². The molecule has 1 saturated heterocycles. The van der Waals surface area contributed by atoms with Crippen molar-refractivity contribution >= 4 is 34.5 Å². The lowest BCUT2D eigenvalue weighted by Gasteiger charge is -2.33. The molecule has 25 heavy (non-hydrogen) atoms. The standard InChI is InChI=1S/C18H23ClN4O2/c1-18(2,3)25-17(24)20-12-8-10-23(11-9-12)16-15(19)21-13-6-4-5-7-14(13)22-16/h4-7,12H,8-11H2,1-3H3,(H,20,24). The van der Waals surface area contributed by atoms with E-state index >= 15 is 0 Å². The first-order valence-electron chi connectivity index (χ1n) is 8.48. The van der Waals surface area contributed by atoms with Crippen LogP contribution in [-0.2, 0) is 4.74 Å². The van der Waals surface area contributed by atoms with Gasteiger partial charge in [0.05, 0.1) is 11.0 Å². The number of ether oxygens (including phenoxy) is 1. The van der Waals surface area contributed by atoms with Crippen molar-refractivity contribution in [1.82, 2.24) is 15.3 Å². The zero-order valence-corrected chi connectivity index (χ0v) is 15.5. The van der Waals surface area contributed by atoms with E-state index in [0.717, 1.165) is 37.0 Å². The highest BCUT2D eigenvalue weighted by molar-refractivity contribution is 6.32. The van der Waals surface area contributed by atoms with Crippen LogP contribution in [0.1, 0.15) is 33.6 Å². The number of nitrogens with one attached hydrogen (secondary N) is 1. The third-order valence-corrected chi connectivity index (χ3v) is 4.28.